The third kappa shape index (κ3) is 7.30. The number of aryl methyl sites for hydroxylation is 4. The molecule has 0 fully saturated rings. The van der Waals surface area contributed by atoms with E-state index in [0.717, 1.165) is 67.6 Å². The summed E-state index contributed by atoms with van der Waals surface area (Å²) in [6, 6.07) is 49.3. The van der Waals surface area contributed by atoms with Crippen molar-refractivity contribution in [2.45, 2.75) is 27.7 Å². The molecule has 6 aromatic rings. The molecule has 0 heterocycles. The Morgan fingerprint density at radius 3 is 1.08 bits per heavy atom. The number of methoxy groups -OCH3 is 2. The van der Waals surface area contributed by atoms with Gasteiger partial charge in [0.2, 0.25) is 0 Å². The van der Waals surface area contributed by atoms with E-state index >= 15 is 0 Å². The third-order valence-corrected chi connectivity index (χ3v) is 8.61. The number of amidine groups is 2. The number of aliphatic imine (C=N–C) groups is 2. The number of ether oxygens (including phenoxy) is 2. The van der Waals surface area contributed by atoms with Gasteiger partial charge in [-0.25, -0.2) is 20.0 Å². The Hall–Kier alpha value is -6.14. The van der Waals surface area contributed by atoms with Gasteiger partial charge in [-0.1, -0.05) is 72.8 Å². The highest BCUT2D eigenvalue weighted by Gasteiger charge is 2.30. The zero-order chi connectivity index (χ0) is 35.0. The lowest BCUT2D eigenvalue weighted by Crippen LogP contribution is -2.49. The van der Waals surface area contributed by atoms with E-state index in [1.54, 1.807) is 14.2 Å². The van der Waals surface area contributed by atoms with Gasteiger partial charge in [0.15, 0.2) is 11.7 Å². The highest BCUT2D eigenvalue weighted by atomic mass is 16.5. The van der Waals surface area contributed by atoms with Crippen molar-refractivity contribution in [3.05, 3.63) is 179 Å². The Morgan fingerprint density at radius 1 is 0.420 bits per heavy atom. The van der Waals surface area contributed by atoms with Crippen molar-refractivity contribution in [1.82, 2.24) is 5.01 Å². The summed E-state index contributed by atoms with van der Waals surface area (Å²) in [7, 11) is 3.36. The lowest BCUT2D eigenvalue weighted by molar-refractivity contribution is 0.414. The molecule has 0 aliphatic carbocycles. The minimum absolute atomic E-state index is 0.679. The quantitative estimate of drug-likeness (QED) is 0.0881. The van der Waals surface area contributed by atoms with Crippen molar-refractivity contribution in [3.8, 4) is 11.5 Å². The Labute approximate surface area is 295 Å². The molecule has 0 saturated carbocycles. The Balaban J connectivity index is 1.78. The van der Waals surface area contributed by atoms with Gasteiger partial charge in [0, 0.05) is 11.1 Å². The second-order valence-corrected chi connectivity index (χ2v) is 12.1. The minimum Gasteiger partial charge on any atom is -0.497 e. The number of hydrogen-bond donors (Lipinski definition) is 0. The molecule has 0 bridgehead atoms. The Kier molecular flexibility index (Phi) is 10.4. The van der Waals surface area contributed by atoms with Crippen LogP contribution in [0.2, 0.25) is 0 Å². The number of anilines is 2. The molecule has 6 aromatic carbocycles. The maximum atomic E-state index is 5.60. The van der Waals surface area contributed by atoms with Gasteiger partial charge < -0.3 is 9.47 Å². The standard InChI is InChI=1S/C44H42N4O2/c1-31-15-13-16-32(2)41(31)45-43(35-23-27-39(49-5)28-24-35)48(47(37-19-9-7-10-20-37)38-21-11-8-12-22-38)44(36-25-29-40(50-6)30-26-36)46-42-33(3)17-14-18-34(42)4/h7-30H,1-6H3. The predicted octanol–water partition coefficient (Wildman–Crippen LogP) is 10.8. The van der Waals surface area contributed by atoms with Gasteiger partial charge in [-0.2, -0.15) is 0 Å². The Morgan fingerprint density at radius 2 is 0.760 bits per heavy atom. The van der Waals surface area contributed by atoms with Gasteiger partial charge in [-0.15, -0.1) is 0 Å². The first-order chi connectivity index (χ1) is 24.4. The molecule has 50 heavy (non-hydrogen) atoms. The smallest absolute Gasteiger partial charge is 0.162 e. The van der Waals surface area contributed by atoms with Crippen LogP contribution in [0.1, 0.15) is 33.4 Å². The van der Waals surface area contributed by atoms with Crippen molar-refractivity contribution < 1.29 is 9.47 Å². The van der Waals surface area contributed by atoms with Gasteiger partial charge in [0.25, 0.3) is 0 Å². The number of rotatable bonds is 9. The summed E-state index contributed by atoms with van der Waals surface area (Å²) >= 11 is 0. The van der Waals surface area contributed by atoms with Crippen LogP contribution in [0.25, 0.3) is 0 Å². The number of nitrogens with zero attached hydrogens (tertiary/aromatic N) is 4. The number of para-hydroxylation sites is 4. The summed E-state index contributed by atoms with van der Waals surface area (Å²) in [4.78, 5) is 11.2. The maximum Gasteiger partial charge on any atom is 0.162 e. The second-order valence-electron chi connectivity index (χ2n) is 12.1. The fourth-order valence-electron chi connectivity index (χ4n) is 5.93. The molecule has 0 saturated heterocycles. The first-order valence-corrected chi connectivity index (χ1v) is 16.7. The lowest BCUT2D eigenvalue weighted by Gasteiger charge is -2.39. The Bertz CT molecular complexity index is 1910. The average Bonchev–Trinajstić information content (AvgIpc) is 3.15. The monoisotopic (exact) mass is 658 g/mol. The summed E-state index contributed by atoms with van der Waals surface area (Å²) in [5.41, 5.74) is 9.70. The zero-order valence-corrected chi connectivity index (χ0v) is 29.5. The molecule has 0 aliphatic heterocycles. The van der Waals surface area contributed by atoms with E-state index in [-0.39, 0.29) is 0 Å². The molecule has 6 heteroatoms. The summed E-state index contributed by atoms with van der Waals surface area (Å²) in [6.45, 7) is 8.40. The number of benzene rings is 6. The van der Waals surface area contributed by atoms with E-state index in [1.165, 1.54) is 0 Å². The molecule has 250 valence electrons. The molecule has 0 spiro atoms. The van der Waals surface area contributed by atoms with Crippen molar-refractivity contribution >= 4 is 34.4 Å². The van der Waals surface area contributed by atoms with Gasteiger partial charge >= 0.3 is 0 Å². The van der Waals surface area contributed by atoms with Crippen molar-refractivity contribution in [3.63, 3.8) is 0 Å². The zero-order valence-electron chi connectivity index (χ0n) is 29.5. The molecule has 0 amide bonds. The van der Waals surface area contributed by atoms with Crippen LogP contribution in [0.4, 0.5) is 22.7 Å². The molecule has 0 N–H and O–H groups in total. The van der Waals surface area contributed by atoms with Gasteiger partial charge in [-0.3, -0.25) is 0 Å². The van der Waals surface area contributed by atoms with Crippen LogP contribution in [-0.4, -0.2) is 30.9 Å². The van der Waals surface area contributed by atoms with Crippen LogP contribution < -0.4 is 14.5 Å². The molecule has 0 atom stereocenters. The predicted molar refractivity (Wildman–Crippen MR) is 207 cm³/mol. The van der Waals surface area contributed by atoms with Crippen molar-refractivity contribution in [2.75, 3.05) is 19.2 Å². The normalized spacial score (nSPS) is 11.6. The fraction of sp³-hybridized carbons (Fsp3) is 0.136. The molecule has 6 nitrogen and oxygen atoms in total. The molecule has 6 rings (SSSR count). The summed E-state index contributed by atoms with van der Waals surface area (Å²) in [5.74, 6) is 2.88. The molecule has 0 radical (unpaired) electrons. The van der Waals surface area contributed by atoms with Crippen molar-refractivity contribution in [1.29, 1.82) is 0 Å². The summed E-state index contributed by atoms with van der Waals surface area (Å²) in [6.07, 6.45) is 0. The second kappa shape index (κ2) is 15.4. The SMILES string of the molecule is COc1ccc(C(=Nc2c(C)cccc2C)N(C(=Nc2c(C)cccc2C)c2ccc(OC)cc2)N(c2ccccc2)c2ccccc2)cc1. The van der Waals surface area contributed by atoms with E-state index in [4.69, 9.17) is 19.5 Å². The molecule has 0 unspecified atom stereocenters. The van der Waals surface area contributed by atoms with Crippen molar-refractivity contribution in [2.24, 2.45) is 9.98 Å². The number of hydrogen-bond acceptors (Lipinski definition) is 5. The van der Waals surface area contributed by atoms with E-state index in [0.29, 0.717) is 11.7 Å². The van der Waals surface area contributed by atoms with Crippen LogP contribution in [0.3, 0.4) is 0 Å². The van der Waals surface area contributed by atoms with Crippen LogP contribution in [-0.2, 0) is 0 Å². The molecule has 0 aliphatic rings. The molecular formula is C44H42N4O2. The molecule has 0 aromatic heterocycles. The third-order valence-electron chi connectivity index (χ3n) is 8.61. The number of hydrazine groups is 1. The topological polar surface area (TPSA) is 49.7 Å². The van der Waals surface area contributed by atoms with Crippen LogP contribution in [0, 0.1) is 27.7 Å². The van der Waals surface area contributed by atoms with E-state index in [9.17, 15) is 0 Å². The molecular weight excluding hydrogens is 617 g/mol. The average molecular weight is 659 g/mol. The first-order valence-electron chi connectivity index (χ1n) is 16.7. The summed E-state index contributed by atoms with van der Waals surface area (Å²) < 4.78 is 11.2. The van der Waals surface area contributed by atoms with Crippen LogP contribution in [0.5, 0.6) is 11.5 Å². The first kappa shape index (κ1) is 33.7. The van der Waals surface area contributed by atoms with E-state index < -0.39 is 0 Å². The van der Waals surface area contributed by atoms with E-state index in [1.807, 2.05) is 36.4 Å². The highest BCUT2D eigenvalue weighted by Crippen LogP contribution is 2.35. The maximum absolute atomic E-state index is 5.60. The highest BCUT2D eigenvalue weighted by molar-refractivity contribution is 6.17. The minimum atomic E-state index is 0.679. The van der Waals surface area contributed by atoms with Gasteiger partial charge in [-0.05, 0) is 123 Å². The van der Waals surface area contributed by atoms with Crippen LogP contribution >= 0.6 is 0 Å². The fourth-order valence-corrected chi connectivity index (χ4v) is 5.93. The largest absolute Gasteiger partial charge is 0.497 e. The lowest BCUT2D eigenvalue weighted by atomic mass is 10.1. The van der Waals surface area contributed by atoms with Crippen LogP contribution in [0.15, 0.2) is 156 Å². The summed E-state index contributed by atoms with van der Waals surface area (Å²) in [5, 5.41) is 4.33. The van der Waals surface area contributed by atoms with E-state index in [2.05, 4.69) is 147 Å². The van der Waals surface area contributed by atoms with Gasteiger partial charge in [0.05, 0.1) is 37.0 Å². The van der Waals surface area contributed by atoms with Gasteiger partial charge in [0.1, 0.15) is 11.5 Å².